The summed E-state index contributed by atoms with van der Waals surface area (Å²) in [6.45, 7) is -0.0218. The number of benzene rings is 2. The SMILES string of the molecule is O=C(O)CCNC(=O)[C@@H](CC(=O)C1(CC(=O)O)CCCC1)Cc1ccc(-c2ccccc2)cc1. The van der Waals surface area contributed by atoms with Crippen molar-refractivity contribution < 1.29 is 29.4 Å². The van der Waals surface area contributed by atoms with Gasteiger partial charge in [0.15, 0.2) is 0 Å². The molecule has 0 aromatic heterocycles. The summed E-state index contributed by atoms with van der Waals surface area (Å²) in [4.78, 5) is 48.5. The van der Waals surface area contributed by atoms with E-state index in [9.17, 15) is 24.3 Å². The molecule has 2 aromatic rings. The molecule has 0 heterocycles. The van der Waals surface area contributed by atoms with Crippen LogP contribution >= 0.6 is 0 Å². The number of carbonyl (C=O) groups is 4. The minimum Gasteiger partial charge on any atom is -0.481 e. The second kappa shape index (κ2) is 11.6. The Morgan fingerprint density at radius 3 is 2.06 bits per heavy atom. The zero-order valence-corrected chi connectivity index (χ0v) is 19.2. The smallest absolute Gasteiger partial charge is 0.305 e. The summed E-state index contributed by atoms with van der Waals surface area (Å²) in [5.41, 5.74) is 2.07. The molecule has 1 atom stereocenters. The van der Waals surface area contributed by atoms with E-state index >= 15 is 0 Å². The number of amides is 1. The van der Waals surface area contributed by atoms with Crippen LogP contribution in [0.4, 0.5) is 0 Å². The van der Waals surface area contributed by atoms with Crippen LogP contribution in [0.5, 0.6) is 0 Å². The van der Waals surface area contributed by atoms with Crippen molar-refractivity contribution in [2.75, 3.05) is 6.54 Å². The fraction of sp³-hybridized carbons (Fsp3) is 0.407. The fourth-order valence-corrected chi connectivity index (χ4v) is 4.78. The van der Waals surface area contributed by atoms with Crippen LogP contribution in [-0.4, -0.2) is 40.4 Å². The van der Waals surface area contributed by atoms with Gasteiger partial charge in [0.05, 0.1) is 12.8 Å². The lowest BCUT2D eigenvalue weighted by Crippen LogP contribution is -2.38. The van der Waals surface area contributed by atoms with Gasteiger partial charge in [-0.05, 0) is 36.0 Å². The first-order valence-corrected chi connectivity index (χ1v) is 11.7. The lowest BCUT2D eigenvalue weighted by molar-refractivity contribution is -0.145. The molecule has 7 heteroatoms. The Hall–Kier alpha value is -3.48. The number of rotatable bonds is 12. The van der Waals surface area contributed by atoms with Crippen molar-refractivity contribution in [2.45, 2.75) is 51.4 Å². The van der Waals surface area contributed by atoms with Gasteiger partial charge in [-0.15, -0.1) is 0 Å². The molecule has 3 rings (SSSR count). The Morgan fingerprint density at radius 2 is 1.47 bits per heavy atom. The van der Waals surface area contributed by atoms with Crippen LogP contribution in [0.25, 0.3) is 11.1 Å². The zero-order valence-electron chi connectivity index (χ0n) is 19.2. The number of hydrogen-bond donors (Lipinski definition) is 3. The number of carboxylic acids is 2. The summed E-state index contributed by atoms with van der Waals surface area (Å²) in [7, 11) is 0. The van der Waals surface area contributed by atoms with Crippen LogP contribution in [0.2, 0.25) is 0 Å². The van der Waals surface area contributed by atoms with Gasteiger partial charge in [0, 0.05) is 24.3 Å². The number of aliphatic carboxylic acids is 2. The lowest BCUT2D eigenvalue weighted by Gasteiger charge is -2.27. The highest BCUT2D eigenvalue weighted by atomic mass is 16.4. The van der Waals surface area contributed by atoms with E-state index in [-0.39, 0.29) is 37.5 Å². The maximum absolute atomic E-state index is 13.3. The maximum Gasteiger partial charge on any atom is 0.305 e. The maximum atomic E-state index is 13.3. The Morgan fingerprint density at radius 1 is 0.853 bits per heavy atom. The van der Waals surface area contributed by atoms with E-state index in [1.807, 2.05) is 54.6 Å². The summed E-state index contributed by atoms with van der Waals surface area (Å²) < 4.78 is 0. The molecule has 0 spiro atoms. The second-order valence-corrected chi connectivity index (χ2v) is 9.08. The van der Waals surface area contributed by atoms with Crippen LogP contribution in [0.1, 0.15) is 50.5 Å². The molecule has 1 amide bonds. The molecule has 0 bridgehead atoms. The summed E-state index contributed by atoms with van der Waals surface area (Å²) in [5.74, 6) is -3.29. The molecule has 3 N–H and O–H groups in total. The molecule has 1 saturated carbocycles. The van der Waals surface area contributed by atoms with Crippen molar-refractivity contribution in [1.82, 2.24) is 5.32 Å². The quantitative estimate of drug-likeness (QED) is 0.434. The number of Topliss-reactive ketones (excluding diaryl/α,β-unsaturated/α-hetero) is 1. The number of carboxylic acid groups (broad SMARTS) is 2. The van der Waals surface area contributed by atoms with E-state index in [0.717, 1.165) is 29.5 Å². The van der Waals surface area contributed by atoms with Crippen molar-refractivity contribution in [1.29, 1.82) is 0 Å². The van der Waals surface area contributed by atoms with E-state index in [4.69, 9.17) is 5.11 Å². The van der Waals surface area contributed by atoms with Gasteiger partial charge in [0.1, 0.15) is 5.78 Å². The molecule has 1 aliphatic rings. The van der Waals surface area contributed by atoms with Gasteiger partial charge in [-0.25, -0.2) is 0 Å². The monoisotopic (exact) mass is 465 g/mol. The molecule has 180 valence electrons. The third-order valence-corrected chi connectivity index (χ3v) is 6.63. The van der Waals surface area contributed by atoms with Crippen LogP contribution in [0.15, 0.2) is 54.6 Å². The molecule has 2 aromatic carbocycles. The molecule has 0 saturated heterocycles. The third kappa shape index (κ3) is 6.76. The first kappa shape index (κ1) is 25.1. The van der Waals surface area contributed by atoms with Gasteiger partial charge in [0.2, 0.25) is 5.91 Å². The second-order valence-electron chi connectivity index (χ2n) is 9.08. The Balaban J connectivity index is 1.76. The average Bonchev–Trinajstić information content (AvgIpc) is 3.28. The molecular weight excluding hydrogens is 434 g/mol. The van der Waals surface area contributed by atoms with Crippen LogP contribution in [0, 0.1) is 11.3 Å². The minimum atomic E-state index is -1.02. The van der Waals surface area contributed by atoms with Crippen LogP contribution in [0.3, 0.4) is 0 Å². The zero-order chi connectivity index (χ0) is 24.6. The van der Waals surface area contributed by atoms with Gasteiger partial charge in [-0.2, -0.15) is 0 Å². The van der Waals surface area contributed by atoms with Gasteiger partial charge >= 0.3 is 11.9 Å². The van der Waals surface area contributed by atoms with E-state index in [1.165, 1.54) is 0 Å². The minimum absolute atomic E-state index is 0.0218. The van der Waals surface area contributed by atoms with E-state index < -0.39 is 23.3 Å². The van der Waals surface area contributed by atoms with E-state index in [0.29, 0.717) is 19.3 Å². The standard InChI is InChI=1S/C27H31NO6/c29-23(27(18-25(32)33)13-4-5-14-27)17-22(26(34)28-15-12-24(30)31)16-19-8-10-21(11-9-19)20-6-2-1-3-7-20/h1-3,6-11,22H,4-5,12-18H2,(H,28,34)(H,30,31)(H,32,33)/t22-/m1/s1. The van der Waals surface area contributed by atoms with Crippen molar-refractivity contribution in [3.05, 3.63) is 60.2 Å². The molecule has 34 heavy (non-hydrogen) atoms. The van der Waals surface area contributed by atoms with Gasteiger partial charge in [-0.3, -0.25) is 19.2 Å². The normalized spacial score (nSPS) is 15.4. The summed E-state index contributed by atoms with van der Waals surface area (Å²) in [5, 5.41) is 20.9. The third-order valence-electron chi connectivity index (χ3n) is 6.63. The highest BCUT2D eigenvalue weighted by Crippen LogP contribution is 2.43. The number of ketones is 1. The highest BCUT2D eigenvalue weighted by molar-refractivity contribution is 5.92. The van der Waals surface area contributed by atoms with Crippen molar-refractivity contribution in [3.63, 3.8) is 0 Å². The average molecular weight is 466 g/mol. The molecule has 0 aliphatic heterocycles. The fourth-order valence-electron chi connectivity index (χ4n) is 4.78. The first-order chi connectivity index (χ1) is 16.3. The summed E-state index contributed by atoms with van der Waals surface area (Å²) in [6, 6.07) is 17.7. The number of nitrogens with one attached hydrogen (secondary N) is 1. The van der Waals surface area contributed by atoms with E-state index in [2.05, 4.69) is 5.32 Å². The molecule has 0 radical (unpaired) electrons. The van der Waals surface area contributed by atoms with Crippen molar-refractivity contribution in [2.24, 2.45) is 11.3 Å². The van der Waals surface area contributed by atoms with E-state index in [1.54, 1.807) is 0 Å². The first-order valence-electron chi connectivity index (χ1n) is 11.7. The Bertz CT molecular complexity index is 1010. The number of hydrogen-bond acceptors (Lipinski definition) is 4. The Kier molecular flexibility index (Phi) is 8.57. The molecule has 1 aliphatic carbocycles. The lowest BCUT2D eigenvalue weighted by atomic mass is 9.74. The van der Waals surface area contributed by atoms with Crippen molar-refractivity contribution in [3.8, 4) is 11.1 Å². The number of carbonyl (C=O) groups excluding carboxylic acids is 2. The molecule has 1 fully saturated rings. The molecular formula is C27H31NO6. The van der Waals surface area contributed by atoms with Gasteiger partial charge in [0.25, 0.3) is 0 Å². The van der Waals surface area contributed by atoms with Crippen LogP contribution < -0.4 is 5.32 Å². The molecule has 0 unspecified atom stereocenters. The molecule has 7 nitrogen and oxygen atoms in total. The van der Waals surface area contributed by atoms with Crippen LogP contribution in [-0.2, 0) is 25.6 Å². The Labute approximate surface area is 199 Å². The predicted molar refractivity (Wildman–Crippen MR) is 127 cm³/mol. The van der Waals surface area contributed by atoms with Crippen molar-refractivity contribution >= 4 is 23.6 Å². The highest BCUT2D eigenvalue weighted by Gasteiger charge is 2.43. The topological polar surface area (TPSA) is 121 Å². The predicted octanol–water partition coefficient (Wildman–Crippen LogP) is 4.10. The summed E-state index contributed by atoms with van der Waals surface area (Å²) in [6.07, 6.45) is 2.47. The summed E-state index contributed by atoms with van der Waals surface area (Å²) >= 11 is 0. The largest absolute Gasteiger partial charge is 0.481 e. The van der Waals surface area contributed by atoms with Gasteiger partial charge < -0.3 is 15.5 Å². The van der Waals surface area contributed by atoms with Gasteiger partial charge in [-0.1, -0.05) is 67.4 Å².